The fraction of sp³-hybridized carbons (Fsp3) is 0.556. The van der Waals surface area contributed by atoms with Crippen molar-refractivity contribution in [2.24, 2.45) is 17.6 Å². The minimum Gasteiger partial charge on any atom is -0.481 e. The number of likely N-dealkylation sites (tertiary alicyclic amines) is 1. The number of alkyl halides is 3. The van der Waals surface area contributed by atoms with Crippen LogP contribution in [0.1, 0.15) is 51.7 Å². The number of hydrogen-bond donors (Lipinski definition) is 6. The fourth-order valence-electron chi connectivity index (χ4n) is 3.61. The first-order valence-corrected chi connectivity index (χ1v) is 13.2. The van der Waals surface area contributed by atoms with Crippen molar-refractivity contribution in [3.05, 3.63) is 35.9 Å². The van der Waals surface area contributed by atoms with Crippen LogP contribution in [0.15, 0.2) is 30.3 Å². The molecule has 45 heavy (non-hydrogen) atoms. The second-order valence-corrected chi connectivity index (χ2v) is 10.6. The van der Waals surface area contributed by atoms with Gasteiger partial charge in [0.05, 0.1) is 0 Å². The van der Waals surface area contributed by atoms with Crippen LogP contribution in [-0.2, 0) is 33.4 Å². The molecule has 18 heteroatoms. The smallest absolute Gasteiger partial charge is 0.418 e. The predicted molar refractivity (Wildman–Crippen MR) is 146 cm³/mol. The van der Waals surface area contributed by atoms with Crippen LogP contribution >= 0.6 is 0 Å². The summed E-state index contributed by atoms with van der Waals surface area (Å²) in [5, 5.41) is 41.6. The van der Waals surface area contributed by atoms with E-state index in [0.717, 1.165) is 12.8 Å². The van der Waals surface area contributed by atoms with Crippen molar-refractivity contribution in [2.45, 2.75) is 64.0 Å². The van der Waals surface area contributed by atoms with E-state index in [4.69, 9.17) is 36.0 Å². The van der Waals surface area contributed by atoms with Gasteiger partial charge in [-0.15, -0.1) is 0 Å². The first kappa shape index (κ1) is 40.5. The van der Waals surface area contributed by atoms with Crippen molar-refractivity contribution in [1.82, 2.24) is 4.90 Å². The highest BCUT2D eigenvalue weighted by Crippen LogP contribution is 2.35. The van der Waals surface area contributed by atoms with Gasteiger partial charge in [-0.25, -0.2) is 9.59 Å². The number of nitrogens with zero attached hydrogens (tertiary/aromatic N) is 1. The highest BCUT2D eigenvalue weighted by molar-refractivity contribution is 5.98. The van der Waals surface area contributed by atoms with E-state index in [9.17, 15) is 41.9 Å². The maximum Gasteiger partial charge on any atom is 0.418 e. The number of rotatable bonds is 10. The molecule has 1 amide bonds. The van der Waals surface area contributed by atoms with Gasteiger partial charge in [-0.05, 0) is 45.1 Å². The molecule has 1 aromatic carbocycles. The average molecular weight is 655 g/mol. The lowest BCUT2D eigenvalue weighted by Crippen LogP contribution is -2.46. The zero-order valence-electron chi connectivity index (χ0n) is 24.6. The van der Waals surface area contributed by atoms with Crippen LogP contribution in [-0.4, -0.2) is 104 Å². The number of aliphatic carboxylic acids is 5. The van der Waals surface area contributed by atoms with E-state index in [0.29, 0.717) is 13.1 Å². The molecule has 0 saturated carbocycles. The number of piperidine rings is 1. The zero-order valence-corrected chi connectivity index (χ0v) is 24.6. The third-order valence-corrected chi connectivity index (χ3v) is 5.68. The molecule has 2 atom stereocenters. The lowest BCUT2D eigenvalue weighted by atomic mass is 9.94. The molecule has 0 radical (unpaired) electrons. The molecule has 0 spiro atoms. The van der Waals surface area contributed by atoms with Gasteiger partial charge in [0, 0.05) is 19.5 Å². The summed E-state index contributed by atoms with van der Waals surface area (Å²) in [5.41, 5.74) is 4.21. The van der Waals surface area contributed by atoms with E-state index in [1.54, 1.807) is 11.0 Å². The summed E-state index contributed by atoms with van der Waals surface area (Å²) in [4.78, 5) is 64.5. The first-order chi connectivity index (χ1) is 20.6. The SMILES string of the molecule is CC(C)(C)OC(=O)N1CCC(CC(=O)O)CC1.N[C@H](C(=O)O)C(C(=O)O)C(=O)O.O=C(O)COC(c1ccccc1)C(F)(F)F. The third-order valence-electron chi connectivity index (χ3n) is 5.68. The Bertz CT molecular complexity index is 1130. The summed E-state index contributed by atoms with van der Waals surface area (Å²) in [7, 11) is 0. The molecular formula is C27H37F3N2O13. The van der Waals surface area contributed by atoms with Gasteiger partial charge < -0.3 is 45.6 Å². The van der Waals surface area contributed by atoms with Crippen molar-refractivity contribution in [2.75, 3.05) is 19.7 Å². The van der Waals surface area contributed by atoms with Gasteiger partial charge in [0.25, 0.3) is 0 Å². The zero-order chi connectivity index (χ0) is 35.1. The molecule has 1 fully saturated rings. The number of carboxylic acids is 5. The Hall–Kier alpha value is -4.45. The molecule has 254 valence electrons. The van der Waals surface area contributed by atoms with Gasteiger partial charge in [0.15, 0.2) is 12.0 Å². The van der Waals surface area contributed by atoms with E-state index in [2.05, 4.69) is 4.74 Å². The van der Waals surface area contributed by atoms with Crippen molar-refractivity contribution in [3.63, 3.8) is 0 Å². The molecule has 15 nitrogen and oxygen atoms in total. The second-order valence-electron chi connectivity index (χ2n) is 10.6. The molecule has 0 aliphatic carbocycles. The normalized spacial score (nSPS) is 14.9. The maximum atomic E-state index is 12.5. The summed E-state index contributed by atoms with van der Waals surface area (Å²) < 4.78 is 47.2. The topological polar surface area (TPSA) is 251 Å². The number of carbonyl (C=O) groups is 6. The van der Waals surface area contributed by atoms with Gasteiger partial charge >= 0.3 is 42.1 Å². The molecule has 1 saturated heterocycles. The summed E-state index contributed by atoms with van der Waals surface area (Å²) >= 11 is 0. The number of nitrogens with two attached hydrogens (primary N) is 1. The Balaban J connectivity index is 0.000000657. The van der Waals surface area contributed by atoms with Crippen LogP contribution in [0.4, 0.5) is 18.0 Å². The van der Waals surface area contributed by atoms with Crippen LogP contribution < -0.4 is 5.73 Å². The monoisotopic (exact) mass is 654 g/mol. The van der Waals surface area contributed by atoms with Crippen LogP contribution in [0.3, 0.4) is 0 Å². The summed E-state index contributed by atoms with van der Waals surface area (Å²) in [6.45, 7) is 5.70. The van der Waals surface area contributed by atoms with E-state index < -0.39 is 66.3 Å². The highest BCUT2D eigenvalue weighted by atomic mass is 19.4. The maximum absolute atomic E-state index is 12.5. The first-order valence-electron chi connectivity index (χ1n) is 13.2. The van der Waals surface area contributed by atoms with Gasteiger partial charge in [0.1, 0.15) is 18.2 Å². The molecule has 1 aliphatic heterocycles. The number of amides is 1. The summed E-state index contributed by atoms with van der Waals surface area (Å²) in [6.07, 6.45) is -5.45. The minimum absolute atomic E-state index is 0.115. The lowest BCUT2D eigenvalue weighted by Gasteiger charge is -2.32. The number of halogens is 3. The predicted octanol–water partition coefficient (Wildman–Crippen LogP) is 2.68. The highest BCUT2D eigenvalue weighted by Gasteiger charge is 2.42. The molecule has 0 bridgehead atoms. The van der Waals surface area contributed by atoms with Gasteiger partial charge in [0.2, 0.25) is 0 Å². The van der Waals surface area contributed by atoms with Crippen LogP contribution in [0.25, 0.3) is 0 Å². The standard InChI is InChI=1S/C12H21NO4.C10H9F3O3.C5H7NO6/c1-12(2,3)17-11(16)13-6-4-9(5-7-13)8-10(14)15;11-10(12,13)9(16-6-8(14)15)7-4-2-1-3-5-7;6-2(5(11)12)1(3(7)8)4(9)10/h9H,4-8H2,1-3H3,(H,14,15);1-5,9H,6H2,(H,14,15);1-2H,6H2,(H,7,8)(H,9,10)(H,11,12)/t;;2-/m..0/s1. The van der Waals surface area contributed by atoms with Crippen LogP contribution in [0.5, 0.6) is 0 Å². The molecule has 1 unspecified atom stereocenters. The van der Waals surface area contributed by atoms with Crippen molar-refractivity contribution in [1.29, 1.82) is 0 Å². The van der Waals surface area contributed by atoms with E-state index in [1.807, 2.05) is 20.8 Å². The van der Waals surface area contributed by atoms with E-state index >= 15 is 0 Å². The van der Waals surface area contributed by atoms with Gasteiger partial charge in [-0.2, -0.15) is 13.2 Å². The lowest BCUT2D eigenvalue weighted by molar-refractivity contribution is -0.225. The van der Waals surface area contributed by atoms with Gasteiger partial charge in [-0.1, -0.05) is 30.3 Å². The largest absolute Gasteiger partial charge is 0.481 e. The number of ether oxygens (including phenoxy) is 2. The molecule has 1 aromatic rings. The molecule has 2 rings (SSSR count). The summed E-state index contributed by atoms with van der Waals surface area (Å²) in [5.74, 6) is -9.32. The Morgan fingerprint density at radius 3 is 1.69 bits per heavy atom. The quantitative estimate of drug-likeness (QED) is 0.199. The van der Waals surface area contributed by atoms with E-state index in [-0.39, 0.29) is 24.0 Å². The Morgan fingerprint density at radius 2 is 1.36 bits per heavy atom. The minimum atomic E-state index is -4.63. The number of carbonyl (C=O) groups excluding carboxylic acids is 1. The number of hydrogen-bond acceptors (Lipinski definition) is 9. The molecule has 7 N–H and O–H groups in total. The van der Waals surface area contributed by atoms with Crippen LogP contribution in [0.2, 0.25) is 0 Å². The van der Waals surface area contributed by atoms with E-state index in [1.165, 1.54) is 24.3 Å². The van der Waals surface area contributed by atoms with Crippen molar-refractivity contribution < 1.29 is 76.9 Å². The van der Waals surface area contributed by atoms with Crippen molar-refractivity contribution in [3.8, 4) is 0 Å². The third kappa shape index (κ3) is 16.8. The van der Waals surface area contributed by atoms with Crippen molar-refractivity contribution >= 4 is 35.9 Å². The Labute approximate surface area is 255 Å². The molecule has 0 aromatic heterocycles. The number of benzene rings is 1. The fourth-order valence-corrected chi connectivity index (χ4v) is 3.61. The molecular weight excluding hydrogens is 617 g/mol. The van der Waals surface area contributed by atoms with Gasteiger partial charge in [-0.3, -0.25) is 19.2 Å². The average Bonchev–Trinajstić information content (AvgIpc) is 2.88. The Morgan fingerprint density at radius 1 is 0.867 bits per heavy atom. The molecule has 1 heterocycles. The van der Waals surface area contributed by atoms with Crippen LogP contribution in [0, 0.1) is 11.8 Å². The second kappa shape index (κ2) is 18.4. The summed E-state index contributed by atoms with van der Waals surface area (Å²) in [6, 6.07) is 4.96. The number of carboxylic acid groups (broad SMARTS) is 5. The molecule has 1 aliphatic rings. The Kier molecular flexibility index (Phi) is 16.6.